The van der Waals surface area contributed by atoms with Gasteiger partial charge >= 0.3 is 6.01 Å². The number of alkyl halides is 1. The Kier molecular flexibility index (Phi) is 5.00. The molecule has 1 aromatic carbocycles. The largest absolute Gasteiger partial charge is 0.424 e. The maximum absolute atomic E-state index is 5.82. The molecule has 0 N–H and O–H groups in total. The van der Waals surface area contributed by atoms with Gasteiger partial charge in [-0.25, -0.2) is 4.98 Å². The van der Waals surface area contributed by atoms with E-state index in [4.69, 9.17) is 16.3 Å². The zero-order chi connectivity index (χ0) is 14.7. The van der Waals surface area contributed by atoms with Gasteiger partial charge in [-0.2, -0.15) is 4.98 Å². The van der Waals surface area contributed by atoms with Crippen LogP contribution in [0.15, 0.2) is 28.9 Å². The summed E-state index contributed by atoms with van der Waals surface area (Å²) >= 11 is 9.28. The van der Waals surface area contributed by atoms with Gasteiger partial charge in [0.1, 0.15) is 5.75 Å². The molecule has 0 aliphatic rings. The first-order valence-corrected chi connectivity index (χ1v) is 7.69. The Balaban J connectivity index is 2.32. The first-order chi connectivity index (χ1) is 9.51. The van der Waals surface area contributed by atoms with E-state index in [1.165, 1.54) is 0 Å². The van der Waals surface area contributed by atoms with E-state index in [0.717, 1.165) is 27.0 Å². The summed E-state index contributed by atoms with van der Waals surface area (Å²) in [5, 5.41) is 0. The summed E-state index contributed by atoms with van der Waals surface area (Å²) in [5.41, 5.74) is 2.87. The van der Waals surface area contributed by atoms with Crippen LogP contribution in [-0.4, -0.2) is 9.97 Å². The molecular weight excluding hydrogens is 340 g/mol. The monoisotopic (exact) mass is 354 g/mol. The average molecular weight is 356 g/mol. The first-order valence-electron chi connectivity index (χ1n) is 6.37. The van der Waals surface area contributed by atoms with Crippen LogP contribution in [0.1, 0.15) is 36.6 Å². The molecule has 0 aliphatic heterocycles. The van der Waals surface area contributed by atoms with E-state index >= 15 is 0 Å². The third kappa shape index (κ3) is 3.49. The number of halogens is 2. The van der Waals surface area contributed by atoms with E-state index in [-0.39, 0.29) is 0 Å². The van der Waals surface area contributed by atoms with Gasteiger partial charge in [0.15, 0.2) is 0 Å². The molecule has 0 unspecified atom stereocenters. The van der Waals surface area contributed by atoms with Gasteiger partial charge in [-0.1, -0.05) is 29.8 Å². The number of benzene rings is 1. The predicted molar refractivity (Wildman–Crippen MR) is 84.6 cm³/mol. The molecule has 0 aliphatic carbocycles. The molecular formula is C15H16BrClN2O. The summed E-state index contributed by atoms with van der Waals surface area (Å²) in [6.07, 6.45) is 1.71. The van der Waals surface area contributed by atoms with Crippen LogP contribution >= 0.6 is 27.5 Å². The highest BCUT2D eigenvalue weighted by molar-refractivity contribution is 9.10. The summed E-state index contributed by atoms with van der Waals surface area (Å²) in [6, 6.07) is 6.27. The summed E-state index contributed by atoms with van der Waals surface area (Å²) in [6.45, 7) is 6.14. The standard InChI is InChI=1S/C15H16BrClN2O/c1-9(2)13-6-12(16)4-5-14(13)20-15-18-8-11(7-17)10(3)19-15/h4-6,8-9H,7H2,1-3H3. The van der Waals surface area contributed by atoms with Crippen molar-refractivity contribution in [2.24, 2.45) is 0 Å². The molecule has 106 valence electrons. The van der Waals surface area contributed by atoms with Crippen LogP contribution < -0.4 is 4.74 Å². The second-order valence-electron chi connectivity index (χ2n) is 4.84. The lowest BCUT2D eigenvalue weighted by Gasteiger charge is -2.13. The third-order valence-corrected chi connectivity index (χ3v) is 3.78. The highest BCUT2D eigenvalue weighted by Gasteiger charge is 2.11. The summed E-state index contributed by atoms with van der Waals surface area (Å²) in [5.74, 6) is 1.54. The van der Waals surface area contributed by atoms with Gasteiger partial charge in [0.25, 0.3) is 0 Å². The van der Waals surface area contributed by atoms with Crippen LogP contribution in [0.3, 0.4) is 0 Å². The molecule has 0 bridgehead atoms. The zero-order valence-corrected chi connectivity index (χ0v) is 14.0. The zero-order valence-electron chi connectivity index (χ0n) is 11.7. The minimum atomic E-state index is 0.348. The summed E-state index contributed by atoms with van der Waals surface area (Å²) in [4.78, 5) is 8.53. The Labute approximate surface area is 132 Å². The van der Waals surface area contributed by atoms with Crippen molar-refractivity contribution in [1.82, 2.24) is 9.97 Å². The Morgan fingerprint density at radius 3 is 2.70 bits per heavy atom. The minimum Gasteiger partial charge on any atom is -0.424 e. The average Bonchev–Trinajstić information content (AvgIpc) is 2.41. The van der Waals surface area contributed by atoms with Gasteiger partial charge in [-0.15, -0.1) is 11.6 Å². The Hall–Kier alpha value is -1.13. The number of aryl methyl sites for hydroxylation is 1. The second-order valence-corrected chi connectivity index (χ2v) is 6.02. The Morgan fingerprint density at radius 2 is 2.10 bits per heavy atom. The number of aromatic nitrogens is 2. The van der Waals surface area contributed by atoms with E-state index in [2.05, 4.69) is 45.8 Å². The topological polar surface area (TPSA) is 35.0 Å². The fraction of sp³-hybridized carbons (Fsp3) is 0.333. The van der Waals surface area contributed by atoms with E-state index < -0.39 is 0 Å². The normalized spacial score (nSPS) is 10.9. The molecule has 0 saturated heterocycles. The molecule has 2 aromatic rings. The minimum absolute atomic E-state index is 0.348. The van der Waals surface area contributed by atoms with Crippen molar-refractivity contribution in [1.29, 1.82) is 0 Å². The number of hydrogen-bond acceptors (Lipinski definition) is 3. The van der Waals surface area contributed by atoms with Gasteiger partial charge in [0.2, 0.25) is 0 Å². The number of nitrogens with zero attached hydrogens (tertiary/aromatic N) is 2. The molecule has 3 nitrogen and oxygen atoms in total. The SMILES string of the molecule is Cc1nc(Oc2ccc(Br)cc2C(C)C)ncc1CCl. The van der Waals surface area contributed by atoms with Crippen molar-refractivity contribution in [3.63, 3.8) is 0 Å². The number of ether oxygens (including phenoxy) is 1. The lowest BCUT2D eigenvalue weighted by molar-refractivity contribution is 0.432. The van der Waals surface area contributed by atoms with Gasteiger partial charge in [0, 0.05) is 21.9 Å². The molecule has 1 aromatic heterocycles. The molecule has 2 rings (SSSR count). The molecule has 0 atom stereocenters. The number of rotatable bonds is 4. The van der Waals surface area contributed by atoms with E-state index in [1.807, 2.05) is 19.1 Å². The Morgan fingerprint density at radius 1 is 1.35 bits per heavy atom. The molecule has 0 radical (unpaired) electrons. The van der Waals surface area contributed by atoms with Crippen LogP contribution in [0.4, 0.5) is 0 Å². The summed E-state index contributed by atoms with van der Waals surface area (Å²) < 4.78 is 6.85. The van der Waals surface area contributed by atoms with Crippen molar-refractivity contribution >= 4 is 27.5 Å². The lowest BCUT2D eigenvalue weighted by Crippen LogP contribution is -2.00. The quantitative estimate of drug-likeness (QED) is 0.707. The van der Waals surface area contributed by atoms with Crippen LogP contribution in [0, 0.1) is 6.92 Å². The molecule has 0 saturated carbocycles. The third-order valence-electron chi connectivity index (χ3n) is 3.00. The predicted octanol–water partition coefficient (Wildman–Crippen LogP) is 5.20. The van der Waals surface area contributed by atoms with E-state index in [0.29, 0.717) is 17.8 Å². The fourth-order valence-corrected chi connectivity index (χ4v) is 2.45. The molecule has 0 fully saturated rings. The van der Waals surface area contributed by atoms with Gasteiger partial charge in [-0.3, -0.25) is 0 Å². The highest BCUT2D eigenvalue weighted by Crippen LogP contribution is 2.31. The van der Waals surface area contributed by atoms with Gasteiger partial charge in [-0.05, 0) is 36.6 Å². The van der Waals surface area contributed by atoms with Crippen LogP contribution in [0.5, 0.6) is 11.8 Å². The smallest absolute Gasteiger partial charge is 0.322 e. The molecule has 5 heteroatoms. The Bertz CT molecular complexity index is 617. The molecule has 0 amide bonds. The van der Waals surface area contributed by atoms with Crippen LogP contribution in [0.2, 0.25) is 0 Å². The summed E-state index contributed by atoms with van der Waals surface area (Å²) in [7, 11) is 0. The van der Waals surface area contributed by atoms with Crippen molar-refractivity contribution in [3.8, 4) is 11.8 Å². The van der Waals surface area contributed by atoms with Crippen molar-refractivity contribution in [3.05, 3.63) is 45.7 Å². The highest BCUT2D eigenvalue weighted by atomic mass is 79.9. The number of hydrogen-bond donors (Lipinski definition) is 0. The van der Waals surface area contributed by atoms with E-state index in [1.54, 1.807) is 6.20 Å². The second kappa shape index (κ2) is 6.55. The van der Waals surface area contributed by atoms with Crippen molar-refractivity contribution in [2.45, 2.75) is 32.6 Å². The lowest BCUT2D eigenvalue weighted by atomic mass is 10.0. The molecule has 0 spiro atoms. The molecule has 1 heterocycles. The van der Waals surface area contributed by atoms with E-state index in [9.17, 15) is 0 Å². The van der Waals surface area contributed by atoms with Crippen LogP contribution in [0.25, 0.3) is 0 Å². The van der Waals surface area contributed by atoms with Crippen LogP contribution in [-0.2, 0) is 5.88 Å². The van der Waals surface area contributed by atoms with Crippen molar-refractivity contribution in [2.75, 3.05) is 0 Å². The van der Waals surface area contributed by atoms with Gasteiger partial charge in [0.05, 0.1) is 5.88 Å². The maximum atomic E-state index is 5.82. The van der Waals surface area contributed by atoms with Crippen molar-refractivity contribution < 1.29 is 4.74 Å². The maximum Gasteiger partial charge on any atom is 0.322 e. The van der Waals surface area contributed by atoms with Gasteiger partial charge < -0.3 is 4.74 Å². The first kappa shape index (κ1) is 15.3. The fourth-order valence-electron chi connectivity index (χ4n) is 1.81. The molecule has 20 heavy (non-hydrogen) atoms.